The van der Waals surface area contributed by atoms with Crippen LogP contribution >= 0.6 is 10.8 Å². The minimum Gasteiger partial charge on any atom is -0.469 e. The maximum Gasteiger partial charge on any atom is 0.308 e. The molecule has 1 aliphatic rings. The molecule has 1 aromatic rings. The Balaban J connectivity index is 2.12. The third kappa shape index (κ3) is 5.13. The zero-order valence-electron chi connectivity index (χ0n) is 16.5. The van der Waals surface area contributed by atoms with Gasteiger partial charge in [0.2, 0.25) is 0 Å². The summed E-state index contributed by atoms with van der Waals surface area (Å²) in [5.41, 5.74) is 2.20. The van der Waals surface area contributed by atoms with Crippen LogP contribution in [0.2, 0.25) is 0 Å². The van der Waals surface area contributed by atoms with Crippen molar-refractivity contribution in [3.63, 3.8) is 0 Å². The van der Waals surface area contributed by atoms with E-state index in [0.29, 0.717) is 12.8 Å². The zero-order valence-corrected chi connectivity index (χ0v) is 18.2. The molecule has 0 radical (unpaired) electrons. The summed E-state index contributed by atoms with van der Waals surface area (Å²) in [6.07, 6.45) is 1.89. The second kappa shape index (κ2) is 9.24. The number of carbonyl (C=O) groups is 2. The summed E-state index contributed by atoms with van der Waals surface area (Å²) in [7, 11) is 3.34. The molecule has 7 heteroatoms. The molecule has 0 N–H and O–H groups in total. The van der Waals surface area contributed by atoms with Gasteiger partial charge in [-0.15, -0.1) is 0 Å². The number of hydrogen-bond donors (Lipinski definition) is 0. The van der Waals surface area contributed by atoms with E-state index in [4.69, 9.17) is 9.47 Å². The quantitative estimate of drug-likeness (QED) is 0.345. The van der Waals surface area contributed by atoms with Gasteiger partial charge in [-0.1, -0.05) is 38.1 Å². The molecule has 5 nitrogen and oxygen atoms in total. The van der Waals surface area contributed by atoms with Gasteiger partial charge < -0.3 is 9.47 Å². The Bertz CT molecular complexity index is 703. The number of benzene rings is 1. The van der Waals surface area contributed by atoms with Crippen molar-refractivity contribution in [2.24, 2.45) is 11.8 Å². The summed E-state index contributed by atoms with van der Waals surface area (Å²) in [5, 5.41) is 0. The molecule has 1 saturated heterocycles. The Hall–Kier alpha value is -1.34. The summed E-state index contributed by atoms with van der Waals surface area (Å²) in [4.78, 5) is 24.0. The number of esters is 2. The van der Waals surface area contributed by atoms with Crippen molar-refractivity contribution in [3.8, 4) is 0 Å². The van der Waals surface area contributed by atoms with Crippen LogP contribution in [0, 0.1) is 11.8 Å². The molecule has 5 atom stereocenters. The third-order valence-corrected chi connectivity index (χ3v) is 9.20. The minimum atomic E-state index is -0.852. The smallest absolute Gasteiger partial charge is 0.308 e. The molecule has 0 aliphatic carbocycles. The Labute approximate surface area is 167 Å². The summed E-state index contributed by atoms with van der Waals surface area (Å²) < 4.78 is 21.2. The molecule has 1 aliphatic heterocycles. The molecular weight excluding hydrogens is 384 g/mol. The fraction of sp³-hybridized carbons (Fsp3) is 0.600. The molecule has 5 unspecified atom stereocenters. The highest BCUT2D eigenvalue weighted by atomic mass is 33.2. The van der Waals surface area contributed by atoms with E-state index in [2.05, 4.69) is 19.1 Å². The van der Waals surface area contributed by atoms with E-state index in [1.165, 1.54) is 25.0 Å². The standard InChI is InChI=1S/C20H28O5S2/c1-6-14(12-16(19(22)25-5)11-13(2)18(21)24-4)15-7-9-17(10-8-15)20(3)26-27(20)23/h7-10,13-14,16H,6,11-12H2,1-5H3. The van der Waals surface area contributed by atoms with Crippen LogP contribution in [-0.2, 0) is 33.0 Å². The first-order chi connectivity index (χ1) is 12.8. The summed E-state index contributed by atoms with van der Waals surface area (Å²) in [6.45, 7) is 5.84. The van der Waals surface area contributed by atoms with Crippen LogP contribution in [0.5, 0.6) is 0 Å². The van der Waals surface area contributed by atoms with Gasteiger partial charge in [-0.05, 0) is 54.0 Å². The molecule has 0 bridgehead atoms. The van der Waals surface area contributed by atoms with Crippen LogP contribution in [0.1, 0.15) is 57.1 Å². The van der Waals surface area contributed by atoms with Crippen LogP contribution < -0.4 is 0 Å². The lowest BCUT2D eigenvalue weighted by Gasteiger charge is -2.23. The molecule has 2 rings (SSSR count). The molecular formula is C20H28O5S2. The molecule has 1 fully saturated rings. The minimum absolute atomic E-state index is 0.179. The molecule has 0 saturated carbocycles. The summed E-state index contributed by atoms with van der Waals surface area (Å²) in [5.74, 6) is -1.15. The van der Waals surface area contributed by atoms with E-state index in [-0.39, 0.29) is 33.8 Å². The number of rotatable bonds is 9. The first-order valence-electron chi connectivity index (χ1n) is 9.14. The van der Waals surface area contributed by atoms with Crippen molar-refractivity contribution >= 4 is 32.6 Å². The third-order valence-electron chi connectivity index (χ3n) is 5.27. The second-order valence-electron chi connectivity index (χ2n) is 7.11. The van der Waals surface area contributed by atoms with Gasteiger partial charge >= 0.3 is 11.9 Å². The highest BCUT2D eigenvalue weighted by Crippen LogP contribution is 2.59. The molecule has 150 valence electrons. The first kappa shape index (κ1) is 22.0. The lowest BCUT2D eigenvalue weighted by atomic mass is 9.83. The van der Waals surface area contributed by atoms with Gasteiger partial charge in [0.15, 0.2) is 0 Å². The number of ether oxygens (including phenoxy) is 2. The number of carbonyl (C=O) groups excluding carboxylic acids is 2. The van der Waals surface area contributed by atoms with Crippen LogP contribution in [0.3, 0.4) is 0 Å². The van der Waals surface area contributed by atoms with E-state index < -0.39 is 9.83 Å². The molecule has 0 amide bonds. The number of methoxy groups -OCH3 is 2. The van der Waals surface area contributed by atoms with Gasteiger partial charge in [0, 0.05) is 0 Å². The predicted octanol–water partition coefficient (Wildman–Crippen LogP) is 4.14. The van der Waals surface area contributed by atoms with Crippen molar-refractivity contribution in [3.05, 3.63) is 35.4 Å². The normalized spacial score (nSPS) is 24.6. The molecule has 1 heterocycles. The van der Waals surface area contributed by atoms with Gasteiger partial charge in [0.25, 0.3) is 0 Å². The lowest BCUT2D eigenvalue weighted by Crippen LogP contribution is -2.25. The van der Waals surface area contributed by atoms with E-state index in [1.54, 1.807) is 6.92 Å². The monoisotopic (exact) mass is 412 g/mol. The summed E-state index contributed by atoms with van der Waals surface area (Å²) >= 11 is 0. The average Bonchev–Trinajstić information content (AvgIpc) is 3.31. The van der Waals surface area contributed by atoms with E-state index in [9.17, 15) is 13.8 Å². The van der Waals surface area contributed by atoms with Crippen molar-refractivity contribution in [1.82, 2.24) is 0 Å². The zero-order chi connectivity index (χ0) is 20.2. The molecule has 27 heavy (non-hydrogen) atoms. The Morgan fingerprint density at radius 2 is 1.67 bits per heavy atom. The largest absolute Gasteiger partial charge is 0.469 e. The van der Waals surface area contributed by atoms with E-state index in [1.807, 2.05) is 19.1 Å². The highest BCUT2D eigenvalue weighted by molar-refractivity contribution is 8.85. The average molecular weight is 413 g/mol. The lowest BCUT2D eigenvalue weighted by molar-refractivity contribution is -0.149. The molecule has 1 aromatic carbocycles. The van der Waals surface area contributed by atoms with Crippen molar-refractivity contribution in [1.29, 1.82) is 0 Å². The van der Waals surface area contributed by atoms with Gasteiger partial charge in [-0.3, -0.25) is 9.59 Å². The van der Waals surface area contributed by atoms with Crippen molar-refractivity contribution in [2.75, 3.05) is 14.2 Å². The van der Waals surface area contributed by atoms with Gasteiger partial charge in [0.1, 0.15) is 13.9 Å². The summed E-state index contributed by atoms with van der Waals surface area (Å²) in [6, 6.07) is 8.17. The predicted molar refractivity (Wildman–Crippen MR) is 108 cm³/mol. The Kier molecular flexibility index (Phi) is 7.51. The van der Waals surface area contributed by atoms with Crippen molar-refractivity contribution in [2.45, 2.75) is 50.0 Å². The van der Waals surface area contributed by atoms with Crippen LogP contribution in [-0.4, -0.2) is 30.4 Å². The Morgan fingerprint density at radius 1 is 1.11 bits per heavy atom. The van der Waals surface area contributed by atoms with Crippen LogP contribution in [0.25, 0.3) is 0 Å². The second-order valence-corrected chi connectivity index (χ2v) is 11.0. The van der Waals surface area contributed by atoms with Gasteiger partial charge in [-0.2, -0.15) is 0 Å². The Morgan fingerprint density at radius 3 is 2.11 bits per heavy atom. The maximum absolute atomic E-state index is 12.3. The molecule has 0 aromatic heterocycles. The van der Waals surface area contributed by atoms with Gasteiger partial charge in [-0.25, -0.2) is 4.21 Å². The van der Waals surface area contributed by atoms with E-state index in [0.717, 1.165) is 17.5 Å². The van der Waals surface area contributed by atoms with Crippen LogP contribution in [0.15, 0.2) is 24.3 Å². The van der Waals surface area contributed by atoms with E-state index >= 15 is 0 Å². The topological polar surface area (TPSA) is 69.7 Å². The fourth-order valence-electron chi connectivity index (χ4n) is 3.39. The fourth-order valence-corrected chi connectivity index (χ4v) is 5.80. The van der Waals surface area contributed by atoms with Crippen LogP contribution in [0.4, 0.5) is 0 Å². The number of hydrogen-bond acceptors (Lipinski definition) is 6. The van der Waals surface area contributed by atoms with Gasteiger partial charge in [0.05, 0.1) is 26.1 Å². The first-order valence-corrected chi connectivity index (χ1v) is 11.6. The highest BCUT2D eigenvalue weighted by Gasteiger charge is 2.51. The molecule has 0 spiro atoms. The SMILES string of the molecule is CCC(CC(CC(C)C(=O)OC)C(=O)OC)c1ccc(C2(C)SS2=O)cc1. The maximum atomic E-state index is 12.3. The van der Waals surface area contributed by atoms with Crippen molar-refractivity contribution < 1.29 is 23.3 Å².